The van der Waals surface area contributed by atoms with Crippen molar-refractivity contribution in [1.29, 1.82) is 5.53 Å². The molecule has 0 aromatic rings. The predicted octanol–water partition coefficient (Wildman–Crippen LogP) is 1.75. The average Bonchev–Trinajstić information content (AvgIpc) is 2.03. The van der Waals surface area contributed by atoms with Crippen molar-refractivity contribution >= 4 is 5.97 Å². The van der Waals surface area contributed by atoms with E-state index in [1.807, 2.05) is 6.92 Å². The summed E-state index contributed by atoms with van der Waals surface area (Å²) < 4.78 is 4.78. The molecule has 0 radical (unpaired) electrons. The van der Waals surface area contributed by atoms with E-state index < -0.39 is 12.0 Å². The van der Waals surface area contributed by atoms with E-state index in [0.717, 1.165) is 12.8 Å². The molecule has 1 N–H and O–H groups in total. The molecule has 1 atom stereocenters. The van der Waals surface area contributed by atoms with Crippen molar-refractivity contribution < 1.29 is 9.53 Å². The molecule has 0 fully saturated rings. The van der Waals surface area contributed by atoms with Crippen molar-refractivity contribution in [3.05, 3.63) is 0 Å². The van der Waals surface area contributed by atoms with Crippen LogP contribution in [0, 0.1) is 5.53 Å². The third kappa shape index (κ3) is 4.47. The molecule has 0 amide bonds. The molecule has 0 aliphatic carbocycles. The minimum atomic E-state index is -0.646. The van der Waals surface area contributed by atoms with Crippen molar-refractivity contribution in [2.45, 2.75) is 32.7 Å². The summed E-state index contributed by atoms with van der Waals surface area (Å²) in [4.78, 5) is 10.8. The van der Waals surface area contributed by atoms with E-state index in [4.69, 9.17) is 10.3 Å². The van der Waals surface area contributed by atoms with Crippen molar-refractivity contribution in [2.75, 3.05) is 6.61 Å². The largest absolute Gasteiger partial charge is 0.464 e. The van der Waals surface area contributed by atoms with Crippen LogP contribution in [0.15, 0.2) is 5.11 Å². The van der Waals surface area contributed by atoms with E-state index in [2.05, 4.69) is 5.11 Å². The highest BCUT2D eigenvalue weighted by molar-refractivity contribution is 5.75. The van der Waals surface area contributed by atoms with Gasteiger partial charge < -0.3 is 4.74 Å². The number of nitrogens with zero attached hydrogens (tertiary/aromatic N) is 1. The van der Waals surface area contributed by atoms with Gasteiger partial charge in [0.05, 0.1) is 6.61 Å². The van der Waals surface area contributed by atoms with Gasteiger partial charge in [0, 0.05) is 0 Å². The summed E-state index contributed by atoms with van der Waals surface area (Å²) in [5.74, 6) is -0.409. The Morgan fingerprint density at radius 2 is 2.36 bits per heavy atom. The van der Waals surface area contributed by atoms with Crippen molar-refractivity contribution in [1.82, 2.24) is 0 Å². The van der Waals surface area contributed by atoms with Gasteiger partial charge in [-0.1, -0.05) is 13.3 Å². The highest BCUT2D eigenvalue weighted by Crippen LogP contribution is 1.95. The zero-order valence-electron chi connectivity index (χ0n) is 6.96. The topological polar surface area (TPSA) is 62.5 Å². The van der Waals surface area contributed by atoms with Crippen LogP contribution in [0.25, 0.3) is 0 Å². The van der Waals surface area contributed by atoms with Crippen LogP contribution >= 0.6 is 0 Å². The van der Waals surface area contributed by atoms with E-state index >= 15 is 0 Å². The molecule has 4 heteroatoms. The Morgan fingerprint density at radius 1 is 1.73 bits per heavy atom. The monoisotopic (exact) mass is 158 g/mol. The van der Waals surface area contributed by atoms with Gasteiger partial charge in [0.1, 0.15) is 0 Å². The Bertz CT molecular complexity index is 136. The van der Waals surface area contributed by atoms with Gasteiger partial charge in [-0.3, -0.25) is 0 Å². The van der Waals surface area contributed by atoms with E-state index in [0.29, 0.717) is 6.61 Å². The first-order valence-electron chi connectivity index (χ1n) is 3.75. The first-order valence-corrected chi connectivity index (χ1v) is 3.75. The molecule has 0 aliphatic heterocycles. The number of unbranched alkanes of at least 4 members (excludes halogenated alkanes) is 1. The molecule has 4 nitrogen and oxygen atoms in total. The second-order valence-corrected chi connectivity index (χ2v) is 2.33. The van der Waals surface area contributed by atoms with Gasteiger partial charge in [0.2, 0.25) is 0 Å². The first kappa shape index (κ1) is 10.1. The predicted molar refractivity (Wildman–Crippen MR) is 40.5 cm³/mol. The summed E-state index contributed by atoms with van der Waals surface area (Å²) in [5, 5.41) is 3.04. The van der Waals surface area contributed by atoms with Gasteiger partial charge in [-0.25, -0.2) is 10.3 Å². The second-order valence-electron chi connectivity index (χ2n) is 2.33. The third-order valence-electron chi connectivity index (χ3n) is 1.28. The highest BCUT2D eigenvalue weighted by Gasteiger charge is 2.11. The van der Waals surface area contributed by atoms with Crippen molar-refractivity contribution in [2.24, 2.45) is 5.11 Å². The molecule has 0 aromatic carbocycles. The smallest absolute Gasteiger partial charge is 0.332 e. The Morgan fingerprint density at radius 3 is 2.82 bits per heavy atom. The Labute approximate surface area is 66.4 Å². The Balaban J connectivity index is 3.44. The lowest BCUT2D eigenvalue weighted by Crippen LogP contribution is -2.17. The van der Waals surface area contributed by atoms with Gasteiger partial charge in [0.25, 0.3) is 0 Å². The molecular weight excluding hydrogens is 144 g/mol. The quantitative estimate of drug-likeness (QED) is 0.376. The molecule has 0 bridgehead atoms. The maximum Gasteiger partial charge on any atom is 0.332 e. The summed E-state index contributed by atoms with van der Waals surface area (Å²) in [6.07, 6.45) is 1.87. The summed E-state index contributed by atoms with van der Waals surface area (Å²) in [6.45, 7) is 4.00. The maximum absolute atomic E-state index is 10.8. The van der Waals surface area contributed by atoms with Crippen LogP contribution in [0.5, 0.6) is 0 Å². The van der Waals surface area contributed by atoms with Crippen LogP contribution in [-0.4, -0.2) is 18.6 Å². The summed E-state index contributed by atoms with van der Waals surface area (Å²) in [6, 6.07) is -0.646. The molecule has 0 rings (SSSR count). The number of carbonyl (C=O) groups is 1. The molecule has 0 spiro atoms. The van der Waals surface area contributed by atoms with Gasteiger partial charge in [-0.05, 0) is 13.3 Å². The van der Waals surface area contributed by atoms with Crippen LogP contribution in [0.2, 0.25) is 0 Å². The lowest BCUT2D eigenvalue weighted by molar-refractivity contribution is -0.144. The number of esters is 1. The molecule has 0 saturated carbocycles. The fourth-order valence-electron chi connectivity index (χ4n) is 0.490. The molecular formula is C7H14N2O2. The Kier molecular flexibility index (Phi) is 5.33. The average molecular weight is 158 g/mol. The van der Waals surface area contributed by atoms with Crippen LogP contribution in [0.4, 0.5) is 0 Å². The summed E-state index contributed by atoms with van der Waals surface area (Å²) >= 11 is 0. The number of hydrogen-bond acceptors (Lipinski definition) is 4. The summed E-state index contributed by atoms with van der Waals surface area (Å²) in [5.41, 5.74) is 6.54. The standard InChI is InChI=1S/C7H14N2O2/c1-3-4-5-11-7(10)6(2)9-8/h6,8H,3-5H2,1-2H3. The molecule has 0 aliphatic rings. The summed E-state index contributed by atoms with van der Waals surface area (Å²) in [7, 11) is 0. The van der Waals surface area contributed by atoms with Crippen LogP contribution < -0.4 is 0 Å². The molecule has 0 heterocycles. The van der Waals surface area contributed by atoms with E-state index in [1.165, 1.54) is 0 Å². The van der Waals surface area contributed by atoms with Gasteiger partial charge in [-0.15, -0.1) is 0 Å². The zero-order valence-corrected chi connectivity index (χ0v) is 6.96. The van der Waals surface area contributed by atoms with E-state index in [9.17, 15) is 4.79 Å². The Hall–Kier alpha value is -0.930. The second kappa shape index (κ2) is 5.82. The van der Waals surface area contributed by atoms with Crippen molar-refractivity contribution in [3.8, 4) is 0 Å². The first-order chi connectivity index (χ1) is 5.22. The molecule has 0 saturated heterocycles. The fourth-order valence-corrected chi connectivity index (χ4v) is 0.490. The molecule has 1 unspecified atom stereocenters. The van der Waals surface area contributed by atoms with Gasteiger partial charge in [-0.2, -0.15) is 5.11 Å². The van der Waals surface area contributed by atoms with Crippen LogP contribution in [0.3, 0.4) is 0 Å². The molecule has 11 heavy (non-hydrogen) atoms. The maximum atomic E-state index is 10.8. The normalized spacial score (nSPS) is 12.2. The van der Waals surface area contributed by atoms with Gasteiger partial charge in [0.15, 0.2) is 6.04 Å². The lowest BCUT2D eigenvalue weighted by Gasteiger charge is -2.04. The number of rotatable bonds is 5. The number of hydrogen-bond donors (Lipinski definition) is 1. The van der Waals surface area contributed by atoms with Crippen LogP contribution in [0.1, 0.15) is 26.7 Å². The lowest BCUT2D eigenvalue weighted by atomic mass is 10.3. The van der Waals surface area contributed by atoms with Crippen molar-refractivity contribution in [3.63, 3.8) is 0 Å². The number of nitrogens with one attached hydrogen (secondary N) is 1. The SMILES string of the molecule is CCCCOC(=O)C(C)N=N. The van der Waals surface area contributed by atoms with E-state index in [-0.39, 0.29) is 0 Å². The molecule has 0 aromatic heterocycles. The molecule has 64 valence electrons. The number of ether oxygens (including phenoxy) is 1. The van der Waals surface area contributed by atoms with E-state index in [1.54, 1.807) is 6.92 Å². The third-order valence-corrected chi connectivity index (χ3v) is 1.28. The minimum Gasteiger partial charge on any atom is -0.464 e. The minimum absolute atomic E-state index is 0.409. The number of carbonyl (C=O) groups excluding carboxylic acids is 1. The fraction of sp³-hybridized carbons (Fsp3) is 0.857. The zero-order chi connectivity index (χ0) is 8.69. The van der Waals surface area contributed by atoms with Crippen LogP contribution in [-0.2, 0) is 9.53 Å². The highest BCUT2D eigenvalue weighted by atomic mass is 16.5. The van der Waals surface area contributed by atoms with Gasteiger partial charge >= 0.3 is 5.97 Å².